The lowest BCUT2D eigenvalue weighted by Gasteiger charge is -2.13. The first kappa shape index (κ1) is 13.7. The lowest BCUT2D eigenvalue weighted by atomic mass is 10.0. The van der Waals surface area contributed by atoms with Crippen LogP contribution in [0.15, 0.2) is 42.5 Å². The summed E-state index contributed by atoms with van der Waals surface area (Å²) in [4.78, 5) is 0. The highest BCUT2D eigenvalue weighted by molar-refractivity contribution is 6.33. The van der Waals surface area contributed by atoms with Gasteiger partial charge in [-0.25, -0.2) is 4.39 Å². The van der Waals surface area contributed by atoms with E-state index in [1.165, 1.54) is 6.07 Å². The molecule has 0 nitrogen and oxygen atoms in total. The van der Waals surface area contributed by atoms with E-state index in [0.29, 0.717) is 22.0 Å². The van der Waals surface area contributed by atoms with Crippen LogP contribution >= 0.6 is 34.8 Å². The fourth-order valence-electron chi connectivity index (χ4n) is 1.78. The van der Waals surface area contributed by atoms with Crippen molar-refractivity contribution in [3.8, 4) is 0 Å². The Morgan fingerprint density at radius 3 is 2.44 bits per heavy atom. The molecule has 0 aliphatic heterocycles. The largest absolute Gasteiger partial charge is 0.207 e. The highest BCUT2D eigenvalue weighted by atomic mass is 35.5. The minimum atomic E-state index is -0.517. The molecule has 0 spiro atoms. The highest BCUT2D eigenvalue weighted by Gasteiger charge is 2.17. The van der Waals surface area contributed by atoms with Crippen molar-refractivity contribution >= 4 is 34.8 Å². The molecule has 0 heterocycles. The molecular weight excluding hydrogens is 294 g/mol. The molecule has 0 amide bonds. The zero-order chi connectivity index (χ0) is 13.1. The van der Waals surface area contributed by atoms with E-state index in [1.54, 1.807) is 18.2 Å². The number of alkyl halides is 1. The van der Waals surface area contributed by atoms with E-state index in [2.05, 4.69) is 0 Å². The van der Waals surface area contributed by atoms with E-state index in [-0.39, 0.29) is 5.82 Å². The average Bonchev–Trinajstić information content (AvgIpc) is 2.28. The summed E-state index contributed by atoms with van der Waals surface area (Å²) in [7, 11) is 0. The summed E-state index contributed by atoms with van der Waals surface area (Å²) in [6, 6.07) is 11.9. The lowest BCUT2D eigenvalue weighted by molar-refractivity contribution is 0.606. The fourth-order valence-corrected chi connectivity index (χ4v) is 2.75. The van der Waals surface area contributed by atoms with Gasteiger partial charge in [-0.05, 0) is 36.2 Å². The molecule has 0 aromatic heterocycles. The smallest absolute Gasteiger partial charge is 0.129 e. The number of benzene rings is 2. The zero-order valence-electron chi connectivity index (χ0n) is 9.34. The van der Waals surface area contributed by atoms with Crippen molar-refractivity contribution in [1.82, 2.24) is 0 Å². The molecule has 1 atom stereocenters. The van der Waals surface area contributed by atoms with Crippen LogP contribution < -0.4 is 0 Å². The second kappa shape index (κ2) is 5.92. The normalized spacial score (nSPS) is 12.4. The standard InChI is InChI=1S/C14H10Cl3F/c15-10-4-1-3-9(7-10)8-12(17)14-11(16)5-2-6-13(14)18/h1-7,12H,8H2. The Morgan fingerprint density at radius 2 is 1.78 bits per heavy atom. The Labute approximate surface area is 120 Å². The van der Waals surface area contributed by atoms with E-state index in [1.807, 2.05) is 18.2 Å². The molecule has 0 aliphatic rings. The van der Waals surface area contributed by atoms with Crippen LogP contribution in [0.1, 0.15) is 16.5 Å². The van der Waals surface area contributed by atoms with E-state index in [4.69, 9.17) is 34.8 Å². The van der Waals surface area contributed by atoms with E-state index >= 15 is 0 Å². The number of hydrogen-bond acceptors (Lipinski definition) is 0. The van der Waals surface area contributed by atoms with Crippen molar-refractivity contribution in [2.24, 2.45) is 0 Å². The summed E-state index contributed by atoms with van der Waals surface area (Å²) in [5, 5.41) is 0.463. The van der Waals surface area contributed by atoms with Gasteiger partial charge in [0.05, 0.1) is 5.38 Å². The van der Waals surface area contributed by atoms with Crippen molar-refractivity contribution in [2.75, 3.05) is 0 Å². The molecule has 1 unspecified atom stereocenters. The quantitative estimate of drug-likeness (QED) is 0.642. The van der Waals surface area contributed by atoms with Crippen LogP contribution in [0, 0.1) is 5.82 Å². The average molecular weight is 304 g/mol. The van der Waals surface area contributed by atoms with Crippen LogP contribution in [0.25, 0.3) is 0 Å². The first-order valence-corrected chi connectivity index (χ1v) is 6.59. The summed E-state index contributed by atoms with van der Waals surface area (Å²) in [6.07, 6.45) is 0.475. The molecular formula is C14H10Cl3F. The van der Waals surface area contributed by atoms with Crippen LogP contribution in [0.3, 0.4) is 0 Å². The predicted octanol–water partition coefficient (Wildman–Crippen LogP) is 5.66. The van der Waals surface area contributed by atoms with Gasteiger partial charge in [0.15, 0.2) is 0 Å². The fraction of sp³-hybridized carbons (Fsp3) is 0.143. The van der Waals surface area contributed by atoms with E-state index in [0.717, 1.165) is 5.56 Å². The SMILES string of the molecule is Fc1cccc(Cl)c1C(Cl)Cc1cccc(Cl)c1. The predicted molar refractivity (Wildman–Crippen MR) is 75.2 cm³/mol. The molecule has 18 heavy (non-hydrogen) atoms. The van der Waals surface area contributed by atoms with Crippen molar-refractivity contribution in [1.29, 1.82) is 0 Å². The Hall–Kier alpha value is -0.760. The van der Waals surface area contributed by atoms with Gasteiger partial charge < -0.3 is 0 Å². The number of rotatable bonds is 3. The monoisotopic (exact) mass is 302 g/mol. The topological polar surface area (TPSA) is 0 Å². The molecule has 0 N–H and O–H groups in total. The van der Waals surface area contributed by atoms with Gasteiger partial charge in [-0.1, -0.05) is 41.4 Å². The Morgan fingerprint density at radius 1 is 1.06 bits per heavy atom. The molecule has 2 aromatic rings. The first-order valence-electron chi connectivity index (χ1n) is 5.40. The van der Waals surface area contributed by atoms with E-state index < -0.39 is 5.38 Å². The molecule has 2 aromatic carbocycles. The van der Waals surface area contributed by atoms with Crippen LogP contribution in [0.2, 0.25) is 10.0 Å². The highest BCUT2D eigenvalue weighted by Crippen LogP contribution is 2.33. The second-order valence-corrected chi connectivity index (χ2v) is 5.31. The van der Waals surface area contributed by atoms with Crippen molar-refractivity contribution < 1.29 is 4.39 Å². The van der Waals surface area contributed by atoms with Gasteiger partial charge in [-0.3, -0.25) is 0 Å². The minimum Gasteiger partial charge on any atom is -0.207 e. The molecule has 94 valence electrons. The molecule has 0 aliphatic carbocycles. The molecule has 0 bridgehead atoms. The first-order chi connectivity index (χ1) is 8.58. The number of halogens is 4. The van der Waals surface area contributed by atoms with Crippen LogP contribution in [-0.2, 0) is 6.42 Å². The summed E-state index contributed by atoms with van der Waals surface area (Å²) >= 11 is 18.1. The molecule has 2 rings (SSSR count). The maximum atomic E-state index is 13.7. The third kappa shape index (κ3) is 3.17. The summed E-state index contributed by atoms with van der Waals surface area (Å²) in [5.41, 5.74) is 1.28. The molecule has 0 saturated carbocycles. The molecule has 0 radical (unpaired) electrons. The lowest BCUT2D eigenvalue weighted by Crippen LogP contribution is -2.00. The van der Waals surface area contributed by atoms with Crippen molar-refractivity contribution in [3.05, 3.63) is 69.5 Å². The van der Waals surface area contributed by atoms with Crippen LogP contribution in [-0.4, -0.2) is 0 Å². The van der Waals surface area contributed by atoms with Gasteiger partial charge in [0, 0.05) is 15.6 Å². The Balaban J connectivity index is 2.25. The van der Waals surface area contributed by atoms with Crippen molar-refractivity contribution in [3.63, 3.8) is 0 Å². The zero-order valence-corrected chi connectivity index (χ0v) is 11.6. The Kier molecular flexibility index (Phi) is 4.50. The molecule has 0 fully saturated rings. The van der Waals surface area contributed by atoms with Gasteiger partial charge >= 0.3 is 0 Å². The van der Waals surface area contributed by atoms with Gasteiger partial charge in [0.2, 0.25) is 0 Å². The van der Waals surface area contributed by atoms with Gasteiger partial charge in [-0.15, -0.1) is 11.6 Å². The summed E-state index contributed by atoms with van der Waals surface area (Å²) < 4.78 is 13.7. The Bertz CT molecular complexity index is 534. The summed E-state index contributed by atoms with van der Waals surface area (Å²) in [5.74, 6) is -0.385. The van der Waals surface area contributed by atoms with Gasteiger partial charge in [0.25, 0.3) is 0 Å². The van der Waals surface area contributed by atoms with Crippen molar-refractivity contribution in [2.45, 2.75) is 11.8 Å². The third-order valence-corrected chi connectivity index (χ3v) is 3.55. The second-order valence-electron chi connectivity index (χ2n) is 3.94. The minimum absolute atomic E-state index is 0.334. The number of hydrogen-bond donors (Lipinski definition) is 0. The third-order valence-electron chi connectivity index (χ3n) is 2.62. The molecule has 0 saturated heterocycles. The van der Waals surface area contributed by atoms with Crippen LogP contribution in [0.4, 0.5) is 4.39 Å². The van der Waals surface area contributed by atoms with Gasteiger partial charge in [0.1, 0.15) is 5.82 Å². The van der Waals surface area contributed by atoms with Crippen LogP contribution in [0.5, 0.6) is 0 Å². The van der Waals surface area contributed by atoms with Gasteiger partial charge in [-0.2, -0.15) is 0 Å². The maximum absolute atomic E-state index is 13.7. The molecule has 4 heteroatoms. The maximum Gasteiger partial charge on any atom is 0.129 e. The summed E-state index contributed by atoms with van der Waals surface area (Å²) in [6.45, 7) is 0. The van der Waals surface area contributed by atoms with E-state index in [9.17, 15) is 4.39 Å².